The van der Waals surface area contributed by atoms with Crippen LogP contribution in [0, 0.1) is 0 Å². The zero-order chi connectivity index (χ0) is 13.7. The lowest BCUT2D eigenvalue weighted by Crippen LogP contribution is -2.50. The van der Waals surface area contributed by atoms with Gasteiger partial charge in [-0.15, -0.1) is 0 Å². The Morgan fingerprint density at radius 2 is 2.11 bits per heavy atom. The molecule has 102 valence electrons. The number of amides is 1. The molecule has 1 aromatic rings. The zero-order valence-corrected chi connectivity index (χ0v) is 10.3. The predicted octanol–water partition coefficient (Wildman–Crippen LogP) is 1.46. The molecule has 19 heavy (non-hydrogen) atoms. The van der Waals surface area contributed by atoms with Gasteiger partial charge in [-0.05, 0) is 5.56 Å². The van der Waals surface area contributed by atoms with E-state index in [1.807, 2.05) is 30.3 Å². The van der Waals surface area contributed by atoms with E-state index in [4.69, 9.17) is 14.6 Å². The fraction of sp³-hybridized carbons (Fsp3) is 0.385. The van der Waals surface area contributed by atoms with Crippen LogP contribution >= 0.6 is 0 Å². The number of ether oxygens (including phenoxy) is 2. The first-order valence-electron chi connectivity index (χ1n) is 5.96. The van der Waals surface area contributed by atoms with Gasteiger partial charge in [-0.2, -0.15) is 0 Å². The highest BCUT2D eigenvalue weighted by Crippen LogP contribution is 2.14. The average molecular weight is 265 g/mol. The third kappa shape index (κ3) is 3.45. The summed E-state index contributed by atoms with van der Waals surface area (Å²) < 4.78 is 10.2. The summed E-state index contributed by atoms with van der Waals surface area (Å²) >= 11 is 0. The summed E-state index contributed by atoms with van der Waals surface area (Å²) in [5.74, 6) is -1.04. The lowest BCUT2D eigenvalue weighted by molar-refractivity contribution is -0.149. The van der Waals surface area contributed by atoms with Crippen molar-refractivity contribution >= 4 is 12.1 Å². The summed E-state index contributed by atoms with van der Waals surface area (Å²) in [6.07, 6.45) is -0.397. The van der Waals surface area contributed by atoms with Crippen molar-refractivity contribution in [3.05, 3.63) is 35.9 Å². The topological polar surface area (TPSA) is 76.1 Å². The number of benzene rings is 1. The monoisotopic (exact) mass is 265 g/mol. The summed E-state index contributed by atoms with van der Waals surface area (Å²) in [6, 6.07) is 8.32. The Hall–Kier alpha value is -2.08. The molecule has 1 amide bonds. The van der Waals surface area contributed by atoms with E-state index in [0.717, 1.165) is 10.5 Å². The second-order valence-corrected chi connectivity index (χ2v) is 4.19. The van der Waals surface area contributed by atoms with E-state index in [9.17, 15) is 9.59 Å². The summed E-state index contributed by atoms with van der Waals surface area (Å²) in [5.41, 5.74) is 0.848. The van der Waals surface area contributed by atoms with E-state index < -0.39 is 18.1 Å². The second-order valence-electron chi connectivity index (χ2n) is 4.19. The van der Waals surface area contributed by atoms with Gasteiger partial charge < -0.3 is 14.6 Å². The van der Waals surface area contributed by atoms with Crippen LogP contribution in [-0.4, -0.2) is 41.4 Å². The van der Waals surface area contributed by atoms with Gasteiger partial charge in [0.15, 0.2) is 0 Å². The van der Waals surface area contributed by atoms with Gasteiger partial charge in [-0.3, -0.25) is 4.90 Å². The Bertz CT molecular complexity index is 448. The Morgan fingerprint density at radius 1 is 1.37 bits per heavy atom. The molecule has 1 aliphatic heterocycles. The van der Waals surface area contributed by atoms with Crippen molar-refractivity contribution in [1.82, 2.24) is 4.90 Å². The molecule has 1 saturated heterocycles. The number of aliphatic carboxylic acids is 1. The van der Waals surface area contributed by atoms with Crippen molar-refractivity contribution in [2.75, 3.05) is 13.3 Å². The van der Waals surface area contributed by atoms with Crippen molar-refractivity contribution in [3.63, 3.8) is 0 Å². The van der Waals surface area contributed by atoms with Crippen molar-refractivity contribution < 1.29 is 24.2 Å². The predicted molar refractivity (Wildman–Crippen MR) is 65.3 cm³/mol. The van der Waals surface area contributed by atoms with Gasteiger partial charge in [-0.1, -0.05) is 30.3 Å². The molecule has 1 N–H and O–H groups in total. The highest BCUT2D eigenvalue weighted by molar-refractivity contribution is 5.80. The summed E-state index contributed by atoms with van der Waals surface area (Å²) in [7, 11) is 0. The first-order chi connectivity index (χ1) is 9.18. The molecule has 1 atom stereocenters. The van der Waals surface area contributed by atoms with E-state index in [2.05, 4.69) is 0 Å². The van der Waals surface area contributed by atoms with E-state index in [1.165, 1.54) is 0 Å². The van der Waals surface area contributed by atoms with Gasteiger partial charge in [0.25, 0.3) is 0 Å². The number of carbonyl (C=O) groups is 2. The molecule has 6 heteroatoms. The van der Waals surface area contributed by atoms with Crippen LogP contribution in [0.2, 0.25) is 0 Å². The van der Waals surface area contributed by atoms with E-state index in [-0.39, 0.29) is 19.8 Å². The fourth-order valence-corrected chi connectivity index (χ4v) is 1.84. The molecule has 2 rings (SSSR count). The zero-order valence-electron chi connectivity index (χ0n) is 10.3. The third-order valence-electron chi connectivity index (χ3n) is 2.87. The Labute approximate surface area is 110 Å². The van der Waals surface area contributed by atoms with Crippen LogP contribution in [0.15, 0.2) is 30.3 Å². The molecule has 1 unspecified atom stereocenters. The maximum absolute atomic E-state index is 11.8. The normalized spacial score (nSPS) is 18.9. The maximum Gasteiger partial charge on any atom is 0.412 e. The molecule has 0 radical (unpaired) electrons. The number of nitrogens with zero attached hydrogens (tertiary/aromatic N) is 1. The van der Waals surface area contributed by atoms with E-state index in [1.54, 1.807) is 0 Å². The molecule has 0 aromatic heterocycles. The minimum atomic E-state index is -1.04. The van der Waals surface area contributed by atoms with Crippen LogP contribution in [0.25, 0.3) is 0 Å². The van der Waals surface area contributed by atoms with Gasteiger partial charge in [0.1, 0.15) is 19.4 Å². The summed E-state index contributed by atoms with van der Waals surface area (Å²) in [6.45, 7) is 0.395. The third-order valence-corrected chi connectivity index (χ3v) is 2.87. The molecule has 0 bridgehead atoms. The van der Waals surface area contributed by atoms with Gasteiger partial charge >= 0.3 is 12.1 Å². The van der Waals surface area contributed by atoms with Crippen LogP contribution in [0.3, 0.4) is 0 Å². The SMILES string of the molecule is O=C(O)C1CCOCN1C(=O)OCc1ccccc1. The van der Waals surface area contributed by atoms with Crippen LogP contribution in [0.5, 0.6) is 0 Å². The lowest BCUT2D eigenvalue weighted by Gasteiger charge is -2.31. The molecule has 0 aliphatic carbocycles. The fourth-order valence-electron chi connectivity index (χ4n) is 1.84. The Morgan fingerprint density at radius 3 is 2.79 bits per heavy atom. The minimum absolute atomic E-state index is 0.0510. The average Bonchev–Trinajstić information content (AvgIpc) is 2.46. The van der Waals surface area contributed by atoms with Gasteiger partial charge in [0, 0.05) is 6.42 Å². The molecule has 0 spiro atoms. The molecule has 1 aromatic carbocycles. The quantitative estimate of drug-likeness (QED) is 0.895. The molecular formula is C13H15NO5. The molecule has 1 heterocycles. The number of hydrogen-bond donors (Lipinski definition) is 1. The highest BCUT2D eigenvalue weighted by Gasteiger charge is 2.33. The van der Waals surface area contributed by atoms with Crippen molar-refractivity contribution in [2.24, 2.45) is 0 Å². The summed E-state index contributed by atoms with van der Waals surface area (Å²) in [4.78, 5) is 24.0. The molecule has 1 fully saturated rings. The summed E-state index contributed by atoms with van der Waals surface area (Å²) in [5, 5.41) is 9.04. The minimum Gasteiger partial charge on any atom is -0.480 e. The van der Waals surface area contributed by atoms with Crippen molar-refractivity contribution in [3.8, 4) is 0 Å². The Kier molecular flexibility index (Phi) is 4.35. The van der Waals surface area contributed by atoms with Gasteiger partial charge in [0.2, 0.25) is 0 Å². The van der Waals surface area contributed by atoms with Crippen molar-refractivity contribution in [1.29, 1.82) is 0 Å². The standard InChI is InChI=1S/C13H15NO5/c15-12(16)11-6-7-18-9-14(11)13(17)19-8-10-4-2-1-3-5-10/h1-5,11H,6-9H2,(H,15,16). The number of carboxylic acids is 1. The van der Waals surface area contributed by atoms with Gasteiger partial charge in [-0.25, -0.2) is 9.59 Å². The van der Waals surface area contributed by atoms with Crippen LogP contribution in [-0.2, 0) is 20.9 Å². The van der Waals surface area contributed by atoms with Crippen LogP contribution in [0.4, 0.5) is 4.79 Å². The number of carbonyl (C=O) groups excluding carboxylic acids is 1. The lowest BCUT2D eigenvalue weighted by atomic mass is 10.2. The second kappa shape index (κ2) is 6.19. The van der Waals surface area contributed by atoms with Crippen LogP contribution in [0.1, 0.15) is 12.0 Å². The van der Waals surface area contributed by atoms with Crippen LogP contribution < -0.4 is 0 Å². The smallest absolute Gasteiger partial charge is 0.412 e. The van der Waals surface area contributed by atoms with E-state index in [0.29, 0.717) is 6.61 Å². The molecular weight excluding hydrogens is 250 g/mol. The number of hydrogen-bond acceptors (Lipinski definition) is 4. The highest BCUT2D eigenvalue weighted by atomic mass is 16.6. The molecule has 0 saturated carbocycles. The van der Waals surface area contributed by atoms with Crippen molar-refractivity contribution in [2.45, 2.75) is 19.1 Å². The molecule has 1 aliphatic rings. The molecule has 6 nitrogen and oxygen atoms in total. The number of rotatable bonds is 3. The first-order valence-corrected chi connectivity index (χ1v) is 5.96. The number of carboxylic acid groups (broad SMARTS) is 1. The Balaban J connectivity index is 1.93. The maximum atomic E-state index is 11.8. The first kappa shape index (κ1) is 13.4. The van der Waals surface area contributed by atoms with E-state index >= 15 is 0 Å². The largest absolute Gasteiger partial charge is 0.480 e. The van der Waals surface area contributed by atoms with Gasteiger partial charge in [0.05, 0.1) is 6.61 Å².